The normalized spacial score (nSPS) is 13.8. The molecule has 1 atom stereocenters. The Hall–Kier alpha value is -1.52. The minimum absolute atomic E-state index is 0.130. The predicted molar refractivity (Wildman–Crippen MR) is 102 cm³/mol. The lowest BCUT2D eigenvalue weighted by atomic mass is 9.86. The van der Waals surface area contributed by atoms with E-state index in [9.17, 15) is 0 Å². The van der Waals surface area contributed by atoms with Gasteiger partial charge in [0.1, 0.15) is 0 Å². The largest absolute Gasteiger partial charge is 0.493 e. The third-order valence-electron chi connectivity index (χ3n) is 4.92. The lowest BCUT2D eigenvalue weighted by Gasteiger charge is -2.39. The zero-order chi connectivity index (χ0) is 17.6. The third kappa shape index (κ3) is 3.93. The fourth-order valence-electron chi connectivity index (χ4n) is 3.40. The van der Waals surface area contributed by atoms with Crippen LogP contribution < -0.4 is 9.47 Å². The number of rotatable bonds is 9. The highest BCUT2D eigenvalue weighted by Gasteiger charge is 2.33. The molecule has 0 amide bonds. The van der Waals surface area contributed by atoms with E-state index in [1.54, 1.807) is 14.2 Å². The molecule has 1 heterocycles. The van der Waals surface area contributed by atoms with Crippen LogP contribution in [0.2, 0.25) is 0 Å². The van der Waals surface area contributed by atoms with Crippen LogP contribution in [0.5, 0.6) is 11.5 Å². The fourth-order valence-corrected chi connectivity index (χ4v) is 4.51. The van der Waals surface area contributed by atoms with E-state index in [1.165, 1.54) is 10.4 Å². The minimum atomic E-state index is 0.130. The molecule has 0 aliphatic heterocycles. The quantitative estimate of drug-likeness (QED) is 0.640. The molecule has 132 valence electrons. The summed E-state index contributed by atoms with van der Waals surface area (Å²) in [7, 11) is 7.75. The Balaban J connectivity index is 2.08. The molecule has 1 aromatic carbocycles. The van der Waals surface area contributed by atoms with Crippen molar-refractivity contribution in [2.45, 2.75) is 38.1 Å². The van der Waals surface area contributed by atoms with E-state index in [4.69, 9.17) is 9.47 Å². The molecule has 0 N–H and O–H groups in total. The molecule has 0 aliphatic carbocycles. The second-order valence-corrected chi connectivity index (χ2v) is 7.25. The number of hydrogen-bond acceptors (Lipinski definition) is 4. The van der Waals surface area contributed by atoms with Crippen LogP contribution in [0, 0.1) is 0 Å². The first kappa shape index (κ1) is 18.8. The van der Waals surface area contributed by atoms with Crippen LogP contribution in [0.3, 0.4) is 0 Å². The SMILES string of the molecule is CCC(CCCc1ccc(OC)c(OC)c1)(c1cccs1)N(C)C. The number of benzene rings is 1. The summed E-state index contributed by atoms with van der Waals surface area (Å²) in [4.78, 5) is 3.84. The lowest BCUT2D eigenvalue weighted by molar-refractivity contribution is 0.133. The first-order valence-corrected chi connectivity index (χ1v) is 9.37. The molecule has 3 nitrogen and oxygen atoms in total. The van der Waals surface area contributed by atoms with Crippen LogP contribution in [-0.2, 0) is 12.0 Å². The number of thiophene rings is 1. The Morgan fingerprint density at radius 3 is 2.38 bits per heavy atom. The molecule has 0 radical (unpaired) electrons. The van der Waals surface area contributed by atoms with Crippen LogP contribution in [0.1, 0.15) is 36.6 Å². The molecular formula is C20H29NO2S. The monoisotopic (exact) mass is 347 g/mol. The molecule has 0 spiro atoms. The Kier molecular flexibility index (Phi) is 6.69. The Morgan fingerprint density at radius 1 is 1.08 bits per heavy atom. The van der Waals surface area contributed by atoms with Crippen LogP contribution in [0.15, 0.2) is 35.7 Å². The zero-order valence-electron chi connectivity index (χ0n) is 15.5. The van der Waals surface area contributed by atoms with Crippen molar-refractivity contribution < 1.29 is 9.47 Å². The van der Waals surface area contributed by atoms with Gasteiger partial charge in [0, 0.05) is 4.88 Å². The smallest absolute Gasteiger partial charge is 0.160 e. The molecule has 0 aliphatic rings. The van der Waals surface area contributed by atoms with Crippen molar-refractivity contribution in [3.63, 3.8) is 0 Å². The third-order valence-corrected chi connectivity index (χ3v) is 5.99. The Bertz CT molecular complexity index is 625. The molecule has 24 heavy (non-hydrogen) atoms. The second kappa shape index (κ2) is 8.54. The van der Waals surface area contributed by atoms with Gasteiger partial charge in [0.2, 0.25) is 0 Å². The molecule has 2 rings (SSSR count). The van der Waals surface area contributed by atoms with Gasteiger partial charge >= 0.3 is 0 Å². The Labute approximate surface area is 150 Å². The molecule has 0 fully saturated rings. The topological polar surface area (TPSA) is 21.7 Å². The highest BCUT2D eigenvalue weighted by molar-refractivity contribution is 7.10. The van der Waals surface area contributed by atoms with Gasteiger partial charge in [-0.3, -0.25) is 4.90 Å². The van der Waals surface area contributed by atoms with Crippen molar-refractivity contribution in [3.8, 4) is 11.5 Å². The van der Waals surface area contributed by atoms with E-state index in [0.717, 1.165) is 37.2 Å². The van der Waals surface area contributed by atoms with E-state index in [0.29, 0.717) is 0 Å². The summed E-state index contributed by atoms with van der Waals surface area (Å²) in [6.07, 6.45) is 4.44. The van der Waals surface area contributed by atoms with Gasteiger partial charge in [-0.05, 0) is 68.9 Å². The molecule has 1 aromatic heterocycles. The molecular weight excluding hydrogens is 318 g/mol. The van der Waals surface area contributed by atoms with E-state index in [1.807, 2.05) is 17.4 Å². The summed E-state index contributed by atoms with van der Waals surface area (Å²) >= 11 is 1.86. The predicted octanol–water partition coefficient (Wildman–Crippen LogP) is 4.96. The average molecular weight is 348 g/mol. The molecule has 0 bridgehead atoms. The van der Waals surface area contributed by atoms with Gasteiger partial charge in [-0.2, -0.15) is 0 Å². The van der Waals surface area contributed by atoms with Crippen molar-refractivity contribution in [3.05, 3.63) is 46.2 Å². The van der Waals surface area contributed by atoms with Gasteiger partial charge in [-0.15, -0.1) is 11.3 Å². The lowest BCUT2D eigenvalue weighted by Crippen LogP contribution is -2.40. The van der Waals surface area contributed by atoms with Gasteiger partial charge in [-0.1, -0.05) is 19.1 Å². The van der Waals surface area contributed by atoms with E-state index < -0.39 is 0 Å². The second-order valence-electron chi connectivity index (χ2n) is 6.30. The van der Waals surface area contributed by atoms with Crippen molar-refractivity contribution in [1.29, 1.82) is 0 Å². The summed E-state index contributed by atoms with van der Waals surface area (Å²) in [6.45, 7) is 2.29. The van der Waals surface area contributed by atoms with Gasteiger partial charge in [0.15, 0.2) is 11.5 Å². The number of methoxy groups -OCH3 is 2. The van der Waals surface area contributed by atoms with Crippen LogP contribution in [0.25, 0.3) is 0 Å². The van der Waals surface area contributed by atoms with E-state index >= 15 is 0 Å². The van der Waals surface area contributed by atoms with E-state index in [-0.39, 0.29) is 5.54 Å². The van der Waals surface area contributed by atoms with Crippen LogP contribution in [0.4, 0.5) is 0 Å². The molecule has 0 saturated heterocycles. The highest BCUT2D eigenvalue weighted by Crippen LogP contribution is 2.38. The number of nitrogens with zero attached hydrogens (tertiary/aromatic N) is 1. The number of ether oxygens (including phenoxy) is 2. The van der Waals surface area contributed by atoms with Crippen molar-refractivity contribution in [2.75, 3.05) is 28.3 Å². The maximum Gasteiger partial charge on any atom is 0.160 e. The van der Waals surface area contributed by atoms with Gasteiger partial charge in [0.25, 0.3) is 0 Å². The minimum Gasteiger partial charge on any atom is -0.493 e. The standard InChI is InChI=1S/C20H29NO2S/c1-6-20(21(2)3,19-10-8-14-24-19)13-7-9-16-11-12-17(22-4)18(15-16)23-5/h8,10-12,14-15H,6-7,9,13H2,1-5H3. The average Bonchev–Trinajstić information content (AvgIpc) is 3.13. The number of hydrogen-bond donors (Lipinski definition) is 0. The van der Waals surface area contributed by atoms with Crippen molar-refractivity contribution in [1.82, 2.24) is 4.90 Å². The maximum atomic E-state index is 5.41. The first-order valence-electron chi connectivity index (χ1n) is 8.49. The van der Waals surface area contributed by atoms with Crippen LogP contribution in [-0.4, -0.2) is 33.2 Å². The fraction of sp³-hybridized carbons (Fsp3) is 0.500. The van der Waals surface area contributed by atoms with Gasteiger partial charge in [-0.25, -0.2) is 0 Å². The summed E-state index contributed by atoms with van der Waals surface area (Å²) in [5, 5.41) is 2.18. The van der Waals surface area contributed by atoms with E-state index in [2.05, 4.69) is 55.6 Å². The van der Waals surface area contributed by atoms with Gasteiger partial charge in [0.05, 0.1) is 19.8 Å². The van der Waals surface area contributed by atoms with Crippen LogP contribution >= 0.6 is 11.3 Å². The zero-order valence-corrected chi connectivity index (χ0v) is 16.3. The first-order chi connectivity index (χ1) is 11.6. The summed E-state index contributed by atoms with van der Waals surface area (Å²) in [5.74, 6) is 1.60. The summed E-state index contributed by atoms with van der Waals surface area (Å²) < 4.78 is 10.7. The number of aryl methyl sites for hydroxylation is 1. The molecule has 2 aromatic rings. The van der Waals surface area contributed by atoms with Crippen molar-refractivity contribution >= 4 is 11.3 Å². The van der Waals surface area contributed by atoms with Crippen molar-refractivity contribution in [2.24, 2.45) is 0 Å². The molecule has 4 heteroatoms. The molecule has 1 unspecified atom stereocenters. The maximum absolute atomic E-state index is 5.41. The molecule has 0 saturated carbocycles. The highest BCUT2D eigenvalue weighted by atomic mass is 32.1. The summed E-state index contributed by atoms with van der Waals surface area (Å²) in [6, 6.07) is 10.6. The van der Waals surface area contributed by atoms with Gasteiger partial charge < -0.3 is 9.47 Å². The summed E-state index contributed by atoms with van der Waals surface area (Å²) in [5.41, 5.74) is 1.42. The Morgan fingerprint density at radius 2 is 1.83 bits per heavy atom.